The van der Waals surface area contributed by atoms with E-state index >= 15 is 0 Å². The lowest BCUT2D eigenvalue weighted by molar-refractivity contribution is -0.137. The molecule has 25 heavy (non-hydrogen) atoms. The number of hydrogen-bond acceptors (Lipinski definition) is 4. The minimum atomic E-state index is -4.37. The first-order valence-corrected chi connectivity index (χ1v) is 7.17. The summed E-state index contributed by atoms with van der Waals surface area (Å²) >= 11 is 0. The van der Waals surface area contributed by atoms with Crippen molar-refractivity contribution < 1.29 is 22.4 Å². The van der Waals surface area contributed by atoms with Gasteiger partial charge in [-0.3, -0.25) is 4.79 Å². The van der Waals surface area contributed by atoms with E-state index in [0.29, 0.717) is 17.2 Å². The Kier molecular flexibility index (Phi) is 4.42. The van der Waals surface area contributed by atoms with E-state index in [4.69, 9.17) is 4.42 Å². The van der Waals surface area contributed by atoms with Crippen LogP contribution in [0.1, 0.15) is 16.1 Å². The molecule has 0 saturated heterocycles. The van der Waals surface area contributed by atoms with Crippen LogP contribution in [0.4, 0.5) is 30.4 Å². The molecule has 0 aliphatic heterocycles. The van der Waals surface area contributed by atoms with Crippen LogP contribution >= 0.6 is 0 Å². The van der Waals surface area contributed by atoms with Gasteiger partial charge in [-0.2, -0.15) is 13.2 Å². The molecule has 1 aromatic carbocycles. The highest BCUT2D eigenvalue weighted by atomic mass is 19.4. The van der Waals surface area contributed by atoms with Crippen LogP contribution < -0.4 is 10.6 Å². The van der Waals surface area contributed by atoms with Crippen molar-refractivity contribution in [3.63, 3.8) is 0 Å². The summed E-state index contributed by atoms with van der Waals surface area (Å²) in [7, 11) is 0. The van der Waals surface area contributed by atoms with Crippen molar-refractivity contribution in [2.75, 3.05) is 10.6 Å². The Bertz CT molecular complexity index is 842. The lowest BCUT2D eigenvalue weighted by atomic mass is 10.2. The first kappa shape index (κ1) is 16.6. The largest absolute Gasteiger partial charge is 0.459 e. The van der Waals surface area contributed by atoms with Crippen LogP contribution in [-0.4, -0.2) is 10.9 Å². The van der Waals surface area contributed by atoms with Gasteiger partial charge in [0, 0.05) is 5.69 Å². The molecule has 5 nitrogen and oxygen atoms in total. The molecule has 0 bridgehead atoms. The number of carbonyl (C=O) groups is 1. The molecule has 3 rings (SSSR count). The maximum atomic E-state index is 12.5. The van der Waals surface area contributed by atoms with Crippen molar-refractivity contribution in [3.8, 4) is 0 Å². The average Bonchev–Trinajstić information content (AvgIpc) is 3.11. The molecule has 0 saturated carbocycles. The van der Waals surface area contributed by atoms with E-state index in [1.807, 2.05) is 0 Å². The first-order valence-electron chi connectivity index (χ1n) is 7.17. The lowest BCUT2D eigenvalue weighted by Crippen LogP contribution is -2.11. The minimum Gasteiger partial charge on any atom is -0.459 e. The fourth-order valence-electron chi connectivity index (χ4n) is 2.03. The highest BCUT2D eigenvalue weighted by molar-refractivity contribution is 6.02. The topological polar surface area (TPSA) is 67.2 Å². The molecule has 0 unspecified atom stereocenters. The standard InChI is InChI=1S/C17H12F3N3O2/c18-17(19,20)11-3-5-12(6-4-11)22-15-8-7-13(10-21-15)23-16(24)14-2-1-9-25-14/h1-10H,(H,21,22)(H,23,24). The van der Waals surface area contributed by atoms with E-state index in [0.717, 1.165) is 12.1 Å². The monoisotopic (exact) mass is 347 g/mol. The molecule has 0 atom stereocenters. The van der Waals surface area contributed by atoms with Crippen molar-refractivity contribution in [1.82, 2.24) is 4.98 Å². The van der Waals surface area contributed by atoms with Gasteiger partial charge in [-0.05, 0) is 48.5 Å². The van der Waals surface area contributed by atoms with Crippen LogP contribution in [0.5, 0.6) is 0 Å². The van der Waals surface area contributed by atoms with Crippen molar-refractivity contribution in [2.45, 2.75) is 6.18 Å². The predicted octanol–water partition coefficient (Wildman–Crippen LogP) is 4.69. The van der Waals surface area contributed by atoms with Gasteiger partial charge in [0.2, 0.25) is 0 Å². The Morgan fingerprint density at radius 2 is 1.72 bits per heavy atom. The van der Waals surface area contributed by atoms with Gasteiger partial charge < -0.3 is 15.1 Å². The highest BCUT2D eigenvalue weighted by Gasteiger charge is 2.29. The molecule has 2 N–H and O–H groups in total. The smallest absolute Gasteiger partial charge is 0.416 e. The summed E-state index contributed by atoms with van der Waals surface area (Å²) in [5.41, 5.74) is 0.203. The summed E-state index contributed by atoms with van der Waals surface area (Å²) in [6.45, 7) is 0. The molecule has 128 valence electrons. The number of rotatable bonds is 4. The number of amides is 1. The Morgan fingerprint density at radius 3 is 2.28 bits per heavy atom. The second-order valence-electron chi connectivity index (χ2n) is 5.06. The van der Waals surface area contributed by atoms with Gasteiger partial charge in [-0.1, -0.05) is 0 Å². The number of furan rings is 1. The fourth-order valence-corrected chi connectivity index (χ4v) is 2.03. The van der Waals surface area contributed by atoms with Crippen LogP contribution in [0.25, 0.3) is 0 Å². The molecule has 0 spiro atoms. The fraction of sp³-hybridized carbons (Fsp3) is 0.0588. The Hall–Kier alpha value is -3.29. The average molecular weight is 347 g/mol. The Labute approximate surface area is 140 Å². The normalized spacial score (nSPS) is 11.2. The van der Waals surface area contributed by atoms with Crippen LogP contribution in [0.3, 0.4) is 0 Å². The molecule has 1 amide bonds. The van der Waals surface area contributed by atoms with E-state index in [-0.39, 0.29) is 5.76 Å². The third-order valence-electron chi connectivity index (χ3n) is 3.25. The SMILES string of the molecule is O=C(Nc1ccc(Nc2ccc(C(F)(F)F)cc2)nc1)c1ccco1. The van der Waals surface area contributed by atoms with Crippen LogP contribution in [-0.2, 0) is 6.18 Å². The third-order valence-corrected chi connectivity index (χ3v) is 3.25. The quantitative estimate of drug-likeness (QED) is 0.718. The molecule has 0 aliphatic carbocycles. The van der Waals surface area contributed by atoms with Gasteiger partial charge in [0.15, 0.2) is 5.76 Å². The number of aromatic nitrogens is 1. The molecule has 0 radical (unpaired) electrons. The second-order valence-corrected chi connectivity index (χ2v) is 5.06. The Morgan fingerprint density at radius 1 is 1.00 bits per heavy atom. The van der Waals surface area contributed by atoms with Gasteiger partial charge in [0.1, 0.15) is 5.82 Å². The molecule has 2 aromatic heterocycles. The van der Waals surface area contributed by atoms with Crippen LogP contribution in [0.2, 0.25) is 0 Å². The number of halogens is 3. The summed E-state index contributed by atoms with van der Waals surface area (Å²) in [4.78, 5) is 15.9. The molecule has 0 fully saturated rings. The summed E-state index contributed by atoms with van der Waals surface area (Å²) < 4.78 is 42.5. The van der Waals surface area contributed by atoms with Crippen LogP contribution in [0, 0.1) is 0 Å². The highest BCUT2D eigenvalue weighted by Crippen LogP contribution is 2.30. The van der Waals surface area contributed by atoms with E-state index in [1.165, 1.54) is 30.7 Å². The number of benzene rings is 1. The Balaban J connectivity index is 1.63. The van der Waals surface area contributed by atoms with Gasteiger partial charge in [0.25, 0.3) is 5.91 Å². The summed E-state index contributed by atoms with van der Waals surface area (Å²) in [6, 6.07) is 10.9. The zero-order chi connectivity index (χ0) is 17.9. The number of pyridine rings is 1. The van der Waals surface area contributed by atoms with Crippen molar-refractivity contribution in [2.24, 2.45) is 0 Å². The molecular weight excluding hydrogens is 335 g/mol. The number of nitrogens with one attached hydrogen (secondary N) is 2. The number of hydrogen-bond donors (Lipinski definition) is 2. The number of alkyl halides is 3. The molecular formula is C17H12F3N3O2. The number of nitrogens with zero attached hydrogens (tertiary/aromatic N) is 1. The maximum absolute atomic E-state index is 12.5. The van der Waals surface area contributed by atoms with Crippen molar-refractivity contribution in [3.05, 3.63) is 72.3 Å². The second kappa shape index (κ2) is 6.68. The van der Waals surface area contributed by atoms with E-state index in [2.05, 4.69) is 15.6 Å². The summed E-state index contributed by atoms with van der Waals surface area (Å²) in [5, 5.41) is 5.49. The third kappa shape index (κ3) is 4.17. The van der Waals surface area contributed by atoms with Gasteiger partial charge >= 0.3 is 6.18 Å². The van der Waals surface area contributed by atoms with E-state index in [1.54, 1.807) is 18.2 Å². The zero-order valence-electron chi connectivity index (χ0n) is 12.7. The van der Waals surface area contributed by atoms with E-state index < -0.39 is 17.6 Å². The summed E-state index contributed by atoms with van der Waals surface area (Å²) in [5.74, 6) is 0.193. The molecule has 0 aliphatic rings. The summed E-state index contributed by atoms with van der Waals surface area (Å²) in [6.07, 6.45) is -1.55. The zero-order valence-corrected chi connectivity index (χ0v) is 12.7. The number of carbonyl (C=O) groups excluding carboxylic acids is 1. The molecule has 2 heterocycles. The van der Waals surface area contributed by atoms with Crippen molar-refractivity contribution in [1.29, 1.82) is 0 Å². The molecule has 8 heteroatoms. The number of anilines is 3. The van der Waals surface area contributed by atoms with Gasteiger partial charge in [-0.15, -0.1) is 0 Å². The van der Waals surface area contributed by atoms with Gasteiger partial charge in [0.05, 0.1) is 23.7 Å². The van der Waals surface area contributed by atoms with E-state index in [9.17, 15) is 18.0 Å². The lowest BCUT2D eigenvalue weighted by Gasteiger charge is -2.09. The van der Waals surface area contributed by atoms with Gasteiger partial charge in [-0.25, -0.2) is 4.98 Å². The minimum absolute atomic E-state index is 0.173. The van der Waals surface area contributed by atoms with Crippen molar-refractivity contribution >= 4 is 23.1 Å². The first-order chi connectivity index (χ1) is 11.9. The molecule has 3 aromatic rings. The predicted molar refractivity (Wildman–Crippen MR) is 85.6 cm³/mol. The van der Waals surface area contributed by atoms with Crippen LogP contribution in [0.15, 0.2) is 65.4 Å². The maximum Gasteiger partial charge on any atom is 0.416 e.